The van der Waals surface area contributed by atoms with Gasteiger partial charge in [-0.3, -0.25) is 0 Å². The van der Waals surface area contributed by atoms with Crippen LogP contribution in [0.1, 0.15) is 39.0 Å². The van der Waals surface area contributed by atoms with E-state index in [9.17, 15) is 0 Å². The molecule has 17 heavy (non-hydrogen) atoms. The summed E-state index contributed by atoms with van der Waals surface area (Å²) in [5, 5.41) is 0. The number of nitrogen functional groups attached to an aromatic ring is 1. The van der Waals surface area contributed by atoms with E-state index in [2.05, 4.69) is 17.3 Å². The molecular formula is C13H21N3O. The summed E-state index contributed by atoms with van der Waals surface area (Å²) in [6, 6.07) is 3.73. The Morgan fingerprint density at radius 1 is 1.53 bits per heavy atom. The zero-order valence-corrected chi connectivity index (χ0v) is 10.4. The van der Waals surface area contributed by atoms with Gasteiger partial charge in [-0.1, -0.05) is 19.8 Å². The van der Waals surface area contributed by atoms with Gasteiger partial charge >= 0.3 is 0 Å². The predicted octanol–water partition coefficient (Wildman–Crippen LogP) is 2.71. The van der Waals surface area contributed by atoms with Crippen LogP contribution in [0.2, 0.25) is 0 Å². The first-order valence-corrected chi connectivity index (χ1v) is 6.41. The van der Waals surface area contributed by atoms with Crippen molar-refractivity contribution in [3.8, 4) is 5.75 Å². The number of hydrogen-bond acceptors (Lipinski definition) is 4. The number of pyridine rings is 1. The zero-order chi connectivity index (χ0) is 12.1. The molecular weight excluding hydrogens is 214 g/mol. The molecule has 1 fully saturated rings. The molecule has 0 radical (unpaired) electrons. The average Bonchev–Trinajstić information content (AvgIpc) is 2.39. The fourth-order valence-corrected chi connectivity index (χ4v) is 2.48. The third-order valence-corrected chi connectivity index (χ3v) is 3.49. The maximum Gasteiger partial charge on any atom is 0.143 e. The molecule has 0 bridgehead atoms. The third kappa shape index (κ3) is 3.33. The molecule has 1 aromatic rings. The Kier molecular flexibility index (Phi) is 4.20. The molecule has 0 saturated heterocycles. The second kappa shape index (κ2) is 5.87. The number of nitrogens with zero attached hydrogens (tertiary/aromatic N) is 1. The lowest BCUT2D eigenvalue weighted by Crippen LogP contribution is -2.25. The normalized spacial score (nSPS) is 24.4. The summed E-state index contributed by atoms with van der Waals surface area (Å²) < 4.78 is 5.99. The molecule has 4 nitrogen and oxygen atoms in total. The second-order valence-corrected chi connectivity index (χ2v) is 4.70. The molecule has 0 aromatic carbocycles. The second-order valence-electron chi connectivity index (χ2n) is 4.70. The first-order chi connectivity index (χ1) is 8.31. The Balaban J connectivity index is 1.95. The minimum atomic E-state index is 0.349. The third-order valence-electron chi connectivity index (χ3n) is 3.49. The zero-order valence-electron chi connectivity index (χ0n) is 10.4. The van der Waals surface area contributed by atoms with Crippen molar-refractivity contribution >= 4 is 5.82 Å². The van der Waals surface area contributed by atoms with E-state index in [0.29, 0.717) is 11.9 Å². The van der Waals surface area contributed by atoms with E-state index in [4.69, 9.17) is 10.6 Å². The van der Waals surface area contributed by atoms with E-state index >= 15 is 0 Å². The SMILES string of the molecule is CCC1CCCC(Oc2ccnc(NN)c2)C1. The lowest BCUT2D eigenvalue weighted by molar-refractivity contribution is 0.122. The molecule has 4 heteroatoms. The maximum atomic E-state index is 5.99. The summed E-state index contributed by atoms with van der Waals surface area (Å²) in [5.74, 6) is 7.65. The van der Waals surface area contributed by atoms with E-state index in [1.807, 2.05) is 12.1 Å². The highest BCUT2D eigenvalue weighted by Gasteiger charge is 2.22. The van der Waals surface area contributed by atoms with Crippen LogP contribution in [0.15, 0.2) is 18.3 Å². The molecule has 0 amide bonds. The highest BCUT2D eigenvalue weighted by molar-refractivity contribution is 5.39. The standard InChI is InChI=1S/C13H21N3O/c1-2-10-4-3-5-11(8-10)17-12-6-7-15-13(9-12)16-14/h6-7,9-11H,2-5,8,14H2,1H3,(H,15,16). The molecule has 1 heterocycles. The van der Waals surface area contributed by atoms with Gasteiger partial charge in [0, 0.05) is 12.3 Å². The van der Waals surface area contributed by atoms with Gasteiger partial charge in [0.1, 0.15) is 11.6 Å². The Hall–Kier alpha value is -1.29. The monoisotopic (exact) mass is 235 g/mol. The van der Waals surface area contributed by atoms with Crippen molar-refractivity contribution in [1.82, 2.24) is 4.98 Å². The summed E-state index contributed by atoms with van der Waals surface area (Å²) in [6.45, 7) is 2.26. The predicted molar refractivity (Wildman–Crippen MR) is 68.7 cm³/mol. The minimum absolute atomic E-state index is 0.349. The fourth-order valence-electron chi connectivity index (χ4n) is 2.48. The summed E-state index contributed by atoms with van der Waals surface area (Å²) in [6.07, 6.45) is 8.27. The first kappa shape index (κ1) is 12.2. The number of hydrazine groups is 1. The number of aromatic nitrogens is 1. The molecule has 2 atom stereocenters. The smallest absolute Gasteiger partial charge is 0.143 e. The van der Waals surface area contributed by atoms with Crippen molar-refractivity contribution in [1.29, 1.82) is 0 Å². The van der Waals surface area contributed by atoms with Gasteiger partial charge in [-0.25, -0.2) is 10.8 Å². The molecule has 94 valence electrons. The minimum Gasteiger partial charge on any atom is -0.490 e. The topological polar surface area (TPSA) is 60.2 Å². The molecule has 1 aliphatic carbocycles. The van der Waals surface area contributed by atoms with E-state index in [-0.39, 0.29) is 0 Å². The lowest BCUT2D eigenvalue weighted by Gasteiger charge is -2.29. The van der Waals surface area contributed by atoms with Crippen LogP contribution in [0.5, 0.6) is 5.75 Å². The van der Waals surface area contributed by atoms with Crippen LogP contribution in [-0.2, 0) is 0 Å². The first-order valence-electron chi connectivity index (χ1n) is 6.41. The molecule has 1 saturated carbocycles. The summed E-state index contributed by atoms with van der Waals surface area (Å²) >= 11 is 0. The van der Waals surface area contributed by atoms with Gasteiger partial charge in [0.2, 0.25) is 0 Å². The van der Waals surface area contributed by atoms with E-state index in [1.54, 1.807) is 6.20 Å². The molecule has 2 rings (SSSR count). The molecule has 1 aliphatic rings. The van der Waals surface area contributed by atoms with Gasteiger partial charge in [-0.15, -0.1) is 0 Å². The van der Waals surface area contributed by atoms with Crippen LogP contribution >= 0.6 is 0 Å². The summed E-state index contributed by atoms with van der Waals surface area (Å²) in [7, 11) is 0. The van der Waals surface area contributed by atoms with Gasteiger partial charge in [-0.05, 0) is 31.2 Å². The molecule has 0 aliphatic heterocycles. The Labute approximate surface area is 103 Å². The van der Waals surface area contributed by atoms with Gasteiger partial charge in [0.25, 0.3) is 0 Å². The Bertz CT molecular complexity index is 356. The van der Waals surface area contributed by atoms with E-state index in [0.717, 1.165) is 18.1 Å². The van der Waals surface area contributed by atoms with Crippen molar-refractivity contribution in [3.63, 3.8) is 0 Å². The number of nitrogens with two attached hydrogens (primary N) is 1. The molecule has 2 unspecified atom stereocenters. The molecule has 0 spiro atoms. The number of nitrogens with one attached hydrogen (secondary N) is 1. The summed E-state index contributed by atoms with van der Waals surface area (Å²) in [4.78, 5) is 4.07. The number of hydrogen-bond donors (Lipinski definition) is 2. The van der Waals surface area contributed by atoms with Gasteiger partial charge < -0.3 is 10.2 Å². The van der Waals surface area contributed by atoms with Crippen molar-refractivity contribution < 1.29 is 4.74 Å². The largest absolute Gasteiger partial charge is 0.490 e. The quantitative estimate of drug-likeness (QED) is 0.622. The number of ether oxygens (including phenoxy) is 1. The van der Waals surface area contributed by atoms with Crippen molar-refractivity contribution in [2.75, 3.05) is 5.43 Å². The summed E-state index contributed by atoms with van der Waals surface area (Å²) in [5.41, 5.74) is 2.53. The molecule has 1 aromatic heterocycles. The van der Waals surface area contributed by atoms with Gasteiger partial charge in [0.05, 0.1) is 6.10 Å². The Morgan fingerprint density at radius 3 is 3.18 bits per heavy atom. The van der Waals surface area contributed by atoms with Crippen LogP contribution in [0.4, 0.5) is 5.82 Å². The average molecular weight is 235 g/mol. The highest BCUT2D eigenvalue weighted by Crippen LogP contribution is 2.29. The van der Waals surface area contributed by atoms with E-state index in [1.165, 1.54) is 25.7 Å². The maximum absolute atomic E-state index is 5.99. The van der Waals surface area contributed by atoms with Crippen LogP contribution in [-0.4, -0.2) is 11.1 Å². The number of anilines is 1. The van der Waals surface area contributed by atoms with Crippen molar-refractivity contribution in [2.45, 2.75) is 45.1 Å². The lowest BCUT2D eigenvalue weighted by atomic mass is 9.85. The van der Waals surface area contributed by atoms with Crippen molar-refractivity contribution in [2.24, 2.45) is 11.8 Å². The van der Waals surface area contributed by atoms with Crippen LogP contribution in [0, 0.1) is 5.92 Å². The van der Waals surface area contributed by atoms with Gasteiger partial charge in [-0.2, -0.15) is 0 Å². The van der Waals surface area contributed by atoms with Crippen molar-refractivity contribution in [3.05, 3.63) is 18.3 Å². The fraction of sp³-hybridized carbons (Fsp3) is 0.615. The van der Waals surface area contributed by atoms with Gasteiger partial charge in [0.15, 0.2) is 0 Å². The van der Waals surface area contributed by atoms with Crippen LogP contribution in [0.25, 0.3) is 0 Å². The highest BCUT2D eigenvalue weighted by atomic mass is 16.5. The van der Waals surface area contributed by atoms with E-state index < -0.39 is 0 Å². The molecule has 3 N–H and O–H groups in total. The van der Waals surface area contributed by atoms with Crippen LogP contribution < -0.4 is 16.0 Å². The van der Waals surface area contributed by atoms with Crippen LogP contribution in [0.3, 0.4) is 0 Å². The Morgan fingerprint density at radius 2 is 2.41 bits per heavy atom. The number of rotatable bonds is 4.